The molecule has 1 aliphatic heterocycles. The third kappa shape index (κ3) is 4.91. The van der Waals surface area contributed by atoms with E-state index in [0.29, 0.717) is 18.3 Å². The molecule has 4 rings (SSSR count). The van der Waals surface area contributed by atoms with Gasteiger partial charge in [0.25, 0.3) is 5.89 Å². The lowest BCUT2D eigenvalue weighted by molar-refractivity contribution is 0.419. The maximum Gasteiger partial charge on any atom is 0.258 e. The molecule has 3 aromatic heterocycles. The van der Waals surface area contributed by atoms with Crippen LogP contribution in [-0.4, -0.2) is 33.2 Å². The summed E-state index contributed by atoms with van der Waals surface area (Å²) in [4.78, 5) is 15.9. The summed E-state index contributed by atoms with van der Waals surface area (Å²) in [5, 5.41) is 7.38. The standard InChI is InChI=1S/C22H28N6O/c1-16(2)21-26-22(29-27-21)18-9-10-23-19(13-18)24-14-17-7-8-20(25-15-17)28-11-5-3-4-6-12-28/h7-10,13,15-16H,3-6,11-12,14H2,1-2H3,(H,23,24). The highest BCUT2D eigenvalue weighted by atomic mass is 16.5. The normalized spacial score (nSPS) is 14.8. The van der Waals surface area contributed by atoms with E-state index in [4.69, 9.17) is 4.52 Å². The van der Waals surface area contributed by atoms with Crippen molar-refractivity contribution in [2.24, 2.45) is 0 Å². The Morgan fingerprint density at radius 2 is 1.90 bits per heavy atom. The van der Waals surface area contributed by atoms with Crippen LogP contribution >= 0.6 is 0 Å². The van der Waals surface area contributed by atoms with E-state index in [0.717, 1.165) is 35.9 Å². The van der Waals surface area contributed by atoms with Crippen LogP contribution in [0.5, 0.6) is 0 Å². The molecule has 0 aromatic carbocycles. The molecule has 0 bridgehead atoms. The average molecular weight is 393 g/mol. The molecule has 0 atom stereocenters. The van der Waals surface area contributed by atoms with Crippen molar-refractivity contribution >= 4 is 11.6 Å². The van der Waals surface area contributed by atoms with Crippen LogP contribution in [0.4, 0.5) is 11.6 Å². The first-order chi connectivity index (χ1) is 14.2. The smallest absolute Gasteiger partial charge is 0.258 e. The highest BCUT2D eigenvalue weighted by molar-refractivity contribution is 5.58. The van der Waals surface area contributed by atoms with Crippen LogP contribution in [-0.2, 0) is 6.54 Å². The third-order valence-corrected chi connectivity index (χ3v) is 5.18. The van der Waals surface area contributed by atoms with Crippen molar-refractivity contribution in [1.82, 2.24) is 20.1 Å². The number of aromatic nitrogens is 4. The molecule has 7 nitrogen and oxygen atoms in total. The van der Waals surface area contributed by atoms with Crippen LogP contribution < -0.4 is 10.2 Å². The van der Waals surface area contributed by atoms with Gasteiger partial charge in [-0.15, -0.1) is 0 Å². The molecule has 0 saturated carbocycles. The largest absolute Gasteiger partial charge is 0.366 e. The molecule has 7 heteroatoms. The zero-order valence-corrected chi connectivity index (χ0v) is 17.1. The number of nitrogens with zero attached hydrogens (tertiary/aromatic N) is 5. The van der Waals surface area contributed by atoms with Gasteiger partial charge in [0.1, 0.15) is 11.6 Å². The molecule has 1 N–H and O–H groups in total. The Morgan fingerprint density at radius 3 is 2.59 bits per heavy atom. The minimum absolute atomic E-state index is 0.233. The van der Waals surface area contributed by atoms with Gasteiger partial charge in [0, 0.05) is 43.5 Å². The second-order valence-corrected chi connectivity index (χ2v) is 7.82. The monoisotopic (exact) mass is 392 g/mol. The Morgan fingerprint density at radius 1 is 1.07 bits per heavy atom. The second-order valence-electron chi connectivity index (χ2n) is 7.82. The van der Waals surface area contributed by atoms with Crippen molar-refractivity contribution in [3.05, 3.63) is 48.0 Å². The summed E-state index contributed by atoms with van der Waals surface area (Å²) in [6.07, 6.45) is 8.86. The maximum absolute atomic E-state index is 5.38. The van der Waals surface area contributed by atoms with Crippen molar-refractivity contribution in [3.8, 4) is 11.5 Å². The molecule has 1 fully saturated rings. The molecule has 0 aliphatic carbocycles. The number of nitrogens with one attached hydrogen (secondary N) is 1. The maximum atomic E-state index is 5.38. The minimum atomic E-state index is 0.233. The second kappa shape index (κ2) is 9.03. The van der Waals surface area contributed by atoms with Gasteiger partial charge < -0.3 is 14.7 Å². The third-order valence-electron chi connectivity index (χ3n) is 5.18. The predicted octanol–water partition coefficient (Wildman–Crippen LogP) is 4.64. The highest BCUT2D eigenvalue weighted by Gasteiger charge is 2.13. The lowest BCUT2D eigenvalue weighted by Gasteiger charge is -2.21. The number of anilines is 2. The summed E-state index contributed by atoms with van der Waals surface area (Å²) in [6, 6.07) is 8.06. The first kappa shape index (κ1) is 19.4. The number of hydrogen-bond acceptors (Lipinski definition) is 7. The van der Waals surface area contributed by atoms with Crippen LogP contribution in [0.3, 0.4) is 0 Å². The topological polar surface area (TPSA) is 80.0 Å². The molecule has 0 spiro atoms. The molecular weight excluding hydrogens is 364 g/mol. The van der Waals surface area contributed by atoms with Crippen LogP contribution in [0, 0.1) is 0 Å². The fourth-order valence-corrected chi connectivity index (χ4v) is 3.45. The van der Waals surface area contributed by atoms with Crippen LogP contribution in [0.1, 0.15) is 56.8 Å². The van der Waals surface area contributed by atoms with Gasteiger partial charge in [-0.3, -0.25) is 0 Å². The summed E-state index contributed by atoms with van der Waals surface area (Å²) >= 11 is 0. The van der Waals surface area contributed by atoms with E-state index in [1.54, 1.807) is 6.20 Å². The molecule has 0 unspecified atom stereocenters. The molecule has 1 saturated heterocycles. The first-order valence-corrected chi connectivity index (χ1v) is 10.4. The van der Waals surface area contributed by atoms with Crippen molar-refractivity contribution in [1.29, 1.82) is 0 Å². The minimum Gasteiger partial charge on any atom is -0.366 e. The van der Waals surface area contributed by atoms with Crippen molar-refractivity contribution in [2.45, 2.75) is 52.0 Å². The van der Waals surface area contributed by atoms with Gasteiger partial charge in [-0.05, 0) is 36.6 Å². The van der Waals surface area contributed by atoms with Crippen LogP contribution in [0.2, 0.25) is 0 Å². The summed E-state index contributed by atoms with van der Waals surface area (Å²) in [5.74, 6) is 3.30. The van der Waals surface area contributed by atoms with Crippen molar-refractivity contribution in [3.63, 3.8) is 0 Å². The molecule has 29 heavy (non-hydrogen) atoms. The number of rotatable bonds is 6. The summed E-state index contributed by atoms with van der Waals surface area (Å²) in [7, 11) is 0. The molecule has 4 heterocycles. The highest BCUT2D eigenvalue weighted by Crippen LogP contribution is 2.22. The lowest BCUT2D eigenvalue weighted by Crippen LogP contribution is -2.24. The van der Waals surface area contributed by atoms with E-state index in [2.05, 4.69) is 42.5 Å². The Hall–Kier alpha value is -2.96. The van der Waals surface area contributed by atoms with Gasteiger partial charge in [-0.2, -0.15) is 4.98 Å². The summed E-state index contributed by atoms with van der Waals surface area (Å²) in [6.45, 7) is 6.95. The van der Waals surface area contributed by atoms with E-state index in [1.165, 1.54) is 25.7 Å². The molecule has 0 radical (unpaired) electrons. The zero-order chi connectivity index (χ0) is 20.1. The fourth-order valence-electron chi connectivity index (χ4n) is 3.45. The quantitative estimate of drug-likeness (QED) is 0.654. The number of pyridine rings is 2. The number of hydrogen-bond donors (Lipinski definition) is 1. The first-order valence-electron chi connectivity index (χ1n) is 10.4. The van der Waals surface area contributed by atoms with E-state index in [1.807, 2.05) is 32.2 Å². The van der Waals surface area contributed by atoms with Gasteiger partial charge in [-0.1, -0.05) is 37.9 Å². The zero-order valence-electron chi connectivity index (χ0n) is 17.1. The predicted molar refractivity (Wildman–Crippen MR) is 114 cm³/mol. The summed E-state index contributed by atoms with van der Waals surface area (Å²) in [5.41, 5.74) is 1.98. The van der Waals surface area contributed by atoms with Gasteiger partial charge in [0.2, 0.25) is 0 Å². The van der Waals surface area contributed by atoms with Gasteiger partial charge in [0.05, 0.1) is 0 Å². The van der Waals surface area contributed by atoms with Gasteiger partial charge in [0.15, 0.2) is 5.82 Å². The Labute approximate surface area is 171 Å². The Kier molecular flexibility index (Phi) is 6.03. The van der Waals surface area contributed by atoms with Crippen molar-refractivity contribution < 1.29 is 4.52 Å². The van der Waals surface area contributed by atoms with E-state index in [9.17, 15) is 0 Å². The molecule has 3 aromatic rings. The van der Waals surface area contributed by atoms with Gasteiger partial charge in [-0.25, -0.2) is 9.97 Å². The molecular formula is C22H28N6O. The van der Waals surface area contributed by atoms with E-state index in [-0.39, 0.29) is 5.92 Å². The Balaban J connectivity index is 1.38. The summed E-state index contributed by atoms with van der Waals surface area (Å²) < 4.78 is 5.38. The SMILES string of the molecule is CC(C)c1noc(-c2ccnc(NCc3ccc(N4CCCCCC4)nc3)c2)n1. The van der Waals surface area contributed by atoms with Crippen LogP contribution in [0.15, 0.2) is 41.2 Å². The van der Waals surface area contributed by atoms with Crippen molar-refractivity contribution in [2.75, 3.05) is 23.3 Å². The van der Waals surface area contributed by atoms with E-state index < -0.39 is 0 Å². The Bertz CT molecular complexity index is 913. The molecule has 1 aliphatic rings. The van der Waals surface area contributed by atoms with Crippen LogP contribution in [0.25, 0.3) is 11.5 Å². The fraction of sp³-hybridized carbons (Fsp3) is 0.455. The molecule has 0 amide bonds. The average Bonchev–Trinajstić information content (AvgIpc) is 3.10. The lowest BCUT2D eigenvalue weighted by atomic mass is 10.2. The van der Waals surface area contributed by atoms with E-state index >= 15 is 0 Å². The van der Waals surface area contributed by atoms with Gasteiger partial charge >= 0.3 is 0 Å². The molecule has 152 valence electrons.